The third-order valence-electron chi connectivity index (χ3n) is 5.26. The number of aliphatic hydroxyl groups excluding tert-OH is 2. The Kier molecular flexibility index (Phi) is 5.19. The topological polar surface area (TPSA) is 129 Å². The number of hydrogen-bond acceptors (Lipinski definition) is 8. The molecular weight excluding hydrogens is 490 g/mol. The highest BCUT2D eigenvalue weighted by atomic mass is 79.9. The SMILES string of the molecule is Nc1ncnc2c1ccn2[C@@H]1O[C@H](COc2cc3ncc(Br)cc3cc2Cl)[C@@H](O)[C@H]1O. The van der Waals surface area contributed by atoms with Crippen molar-refractivity contribution in [1.29, 1.82) is 0 Å². The molecule has 31 heavy (non-hydrogen) atoms. The van der Waals surface area contributed by atoms with Gasteiger partial charge in [0.2, 0.25) is 0 Å². The second-order valence-corrected chi connectivity index (χ2v) is 8.53. The first-order valence-corrected chi connectivity index (χ1v) is 10.6. The number of anilines is 1. The normalized spacial score (nSPS) is 23.6. The Morgan fingerprint density at radius 3 is 2.87 bits per heavy atom. The van der Waals surface area contributed by atoms with E-state index in [4.69, 9.17) is 26.8 Å². The lowest BCUT2D eigenvalue weighted by atomic mass is 10.1. The fourth-order valence-electron chi connectivity index (χ4n) is 3.68. The van der Waals surface area contributed by atoms with Crippen LogP contribution in [-0.2, 0) is 4.74 Å². The zero-order chi connectivity index (χ0) is 21.7. The Morgan fingerprint density at radius 2 is 2.03 bits per heavy atom. The van der Waals surface area contributed by atoms with Gasteiger partial charge in [-0.25, -0.2) is 9.97 Å². The number of halogens is 2. The van der Waals surface area contributed by atoms with E-state index in [-0.39, 0.29) is 6.61 Å². The van der Waals surface area contributed by atoms with Crippen LogP contribution in [0, 0.1) is 0 Å². The molecular formula is C20H17BrClN5O4. The highest BCUT2D eigenvalue weighted by Crippen LogP contribution is 2.35. The maximum absolute atomic E-state index is 10.6. The molecule has 1 saturated heterocycles. The van der Waals surface area contributed by atoms with E-state index in [2.05, 4.69) is 30.9 Å². The number of rotatable bonds is 4. The van der Waals surface area contributed by atoms with Crippen molar-refractivity contribution in [1.82, 2.24) is 19.5 Å². The molecule has 4 heterocycles. The number of hydrogen-bond donors (Lipinski definition) is 3. The van der Waals surface area contributed by atoms with Crippen LogP contribution in [0.4, 0.5) is 5.82 Å². The molecule has 0 saturated carbocycles. The number of nitrogens with two attached hydrogens (primary N) is 1. The molecule has 4 aromatic rings. The van der Waals surface area contributed by atoms with Gasteiger partial charge in [-0.15, -0.1) is 0 Å². The summed E-state index contributed by atoms with van der Waals surface area (Å²) < 4.78 is 14.2. The van der Waals surface area contributed by atoms with Gasteiger partial charge in [-0.1, -0.05) is 11.6 Å². The molecule has 1 fully saturated rings. The molecule has 4 N–H and O–H groups in total. The molecule has 0 unspecified atom stereocenters. The van der Waals surface area contributed by atoms with Gasteiger partial charge in [-0.05, 0) is 34.1 Å². The van der Waals surface area contributed by atoms with Gasteiger partial charge >= 0.3 is 0 Å². The maximum Gasteiger partial charge on any atom is 0.164 e. The first-order valence-electron chi connectivity index (χ1n) is 9.38. The van der Waals surface area contributed by atoms with Crippen molar-refractivity contribution >= 4 is 55.3 Å². The Morgan fingerprint density at radius 1 is 1.19 bits per heavy atom. The van der Waals surface area contributed by atoms with E-state index in [1.807, 2.05) is 6.07 Å². The summed E-state index contributed by atoms with van der Waals surface area (Å²) in [6.45, 7) is -0.0210. The highest BCUT2D eigenvalue weighted by molar-refractivity contribution is 9.10. The van der Waals surface area contributed by atoms with E-state index >= 15 is 0 Å². The predicted molar refractivity (Wildman–Crippen MR) is 118 cm³/mol. The van der Waals surface area contributed by atoms with Crippen LogP contribution in [0.1, 0.15) is 6.23 Å². The van der Waals surface area contributed by atoms with Gasteiger partial charge in [0.25, 0.3) is 0 Å². The van der Waals surface area contributed by atoms with Gasteiger partial charge in [-0.2, -0.15) is 0 Å². The van der Waals surface area contributed by atoms with Crippen LogP contribution in [0.15, 0.2) is 47.5 Å². The number of pyridine rings is 1. The molecule has 0 amide bonds. The molecule has 1 aliphatic heterocycles. The highest BCUT2D eigenvalue weighted by Gasteiger charge is 2.44. The smallest absolute Gasteiger partial charge is 0.164 e. The van der Waals surface area contributed by atoms with Crippen LogP contribution in [-0.4, -0.2) is 54.7 Å². The van der Waals surface area contributed by atoms with Gasteiger partial charge in [-0.3, -0.25) is 4.98 Å². The monoisotopic (exact) mass is 505 g/mol. The number of nitrogens with zero attached hydrogens (tertiary/aromatic N) is 4. The third-order valence-corrected chi connectivity index (χ3v) is 5.99. The number of nitrogen functional groups attached to an aromatic ring is 1. The van der Waals surface area contributed by atoms with E-state index in [1.54, 1.807) is 35.2 Å². The summed E-state index contributed by atoms with van der Waals surface area (Å²) in [4.78, 5) is 12.5. The van der Waals surface area contributed by atoms with Crippen molar-refractivity contribution in [3.8, 4) is 5.75 Å². The van der Waals surface area contributed by atoms with Crippen molar-refractivity contribution in [3.63, 3.8) is 0 Å². The lowest BCUT2D eigenvalue weighted by molar-refractivity contribution is -0.0471. The summed E-state index contributed by atoms with van der Waals surface area (Å²) >= 11 is 9.73. The second-order valence-electron chi connectivity index (χ2n) is 7.21. The number of ether oxygens (including phenoxy) is 2. The second kappa shape index (κ2) is 7.88. The summed E-state index contributed by atoms with van der Waals surface area (Å²) in [6.07, 6.45) is 0.691. The van der Waals surface area contributed by atoms with Gasteiger partial charge in [0, 0.05) is 28.3 Å². The van der Waals surface area contributed by atoms with Gasteiger partial charge in [0.15, 0.2) is 6.23 Å². The molecule has 160 valence electrons. The Hall–Kier alpha value is -2.50. The van der Waals surface area contributed by atoms with Crippen LogP contribution in [0.2, 0.25) is 5.02 Å². The Labute approximate surface area is 189 Å². The average molecular weight is 507 g/mol. The summed E-state index contributed by atoms with van der Waals surface area (Å²) in [5, 5.41) is 23.0. The number of aliphatic hydroxyl groups is 2. The quantitative estimate of drug-likeness (QED) is 0.385. The molecule has 3 aromatic heterocycles. The van der Waals surface area contributed by atoms with E-state index in [9.17, 15) is 10.2 Å². The number of benzene rings is 1. The van der Waals surface area contributed by atoms with Crippen LogP contribution in [0.25, 0.3) is 21.9 Å². The minimum absolute atomic E-state index is 0.0210. The molecule has 0 bridgehead atoms. The molecule has 1 aromatic carbocycles. The lowest BCUT2D eigenvalue weighted by Gasteiger charge is -2.17. The summed E-state index contributed by atoms with van der Waals surface area (Å²) in [5.41, 5.74) is 7.09. The van der Waals surface area contributed by atoms with Crippen LogP contribution >= 0.6 is 27.5 Å². The van der Waals surface area contributed by atoms with Crippen LogP contribution < -0.4 is 10.5 Å². The molecule has 11 heteroatoms. The lowest BCUT2D eigenvalue weighted by Crippen LogP contribution is -2.34. The molecule has 0 radical (unpaired) electrons. The zero-order valence-corrected chi connectivity index (χ0v) is 18.2. The summed E-state index contributed by atoms with van der Waals surface area (Å²) in [7, 11) is 0. The minimum atomic E-state index is -1.19. The van der Waals surface area contributed by atoms with Gasteiger partial charge < -0.3 is 30.0 Å². The fourth-order valence-corrected chi connectivity index (χ4v) is 4.25. The molecule has 4 atom stereocenters. The Bertz CT molecular complexity index is 1290. The van der Waals surface area contributed by atoms with E-state index in [1.165, 1.54) is 6.33 Å². The van der Waals surface area contributed by atoms with Crippen molar-refractivity contribution in [2.75, 3.05) is 12.3 Å². The first-order chi connectivity index (χ1) is 14.9. The number of aromatic nitrogens is 4. The molecule has 5 rings (SSSR count). The predicted octanol–water partition coefficient (Wildman–Crippen LogP) is 2.68. The minimum Gasteiger partial charge on any atom is -0.489 e. The van der Waals surface area contributed by atoms with E-state index in [0.717, 1.165) is 9.86 Å². The van der Waals surface area contributed by atoms with Crippen molar-refractivity contribution in [2.24, 2.45) is 0 Å². The van der Waals surface area contributed by atoms with Gasteiger partial charge in [0.05, 0.1) is 15.9 Å². The van der Waals surface area contributed by atoms with Crippen molar-refractivity contribution < 1.29 is 19.7 Å². The standard InChI is InChI=1S/C20H17BrClN5O4/c21-10-3-9-4-12(22)14(5-13(9)24-6-10)30-7-15-16(28)17(29)20(31-15)27-2-1-11-18(23)25-8-26-19(11)27/h1-6,8,15-17,20,28-29H,7H2,(H2,23,25,26)/t15-,16-,17-,20-/m1/s1. The molecule has 0 aliphatic carbocycles. The van der Waals surface area contributed by atoms with E-state index in [0.29, 0.717) is 33.1 Å². The largest absolute Gasteiger partial charge is 0.489 e. The Balaban J connectivity index is 1.36. The maximum atomic E-state index is 10.6. The van der Waals surface area contributed by atoms with Gasteiger partial charge in [0.1, 0.15) is 48.5 Å². The molecule has 9 nitrogen and oxygen atoms in total. The van der Waals surface area contributed by atoms with Crippen LogP contribution in [0.5, 0.6) is 5.75 Å². The van der Waals surface area contributed by atoms with E-state index < -0.39 is 24.5 Å². The van der Waals surface area contributed by atoms with Crippen LogP contribution in [0.3, 0.4) is 0 Å². The first kappa shape index (κ1) is 20.4. The molecule has 1 aliphatic rings. The summed E-state index contributed by atoms with van der Waals surface area (Å²) in [6, 6.07) is 7.11. The summed E-state index contributed by atoms with van der Waals surface area (Å²) in [5.74, 6) is 0.730. The fraction of sp³-hybridized carbons (Fsp3) is 0.250. The van der Waals surface area contributed by atoms with Crippen molar-refractivity contribution in [2.45, 2.75) is 24.5 Å². The third kappa shape index (κ3) is 3.60. The average Bonchev–Trinajstić information content (AvgIpc) is 3.29. The van der Waals surface area contributed by atoms with Crippen molar-refractivity contribution in [3.05, 3.63) is 52.5 Å². The molecule has 0 spiro atoms. The number of fused-ring (bicyclic) bond motifs is 2. The zero-order valence-electron chi connectivity index (χ0n) is 15.9.